The normalized spacial score (nSPS) is 11.8. The number of anilines is 1. The summed E-state index contributed by atoms with van der Waals surface area (Å²) >= 11 is 0. The van der Waals surface area contributed by atoms with Crippen LogP contribution >= 0.6 is 0 Å². The molecule has 0 aliphatic carbocycles. The van der Waals surface area contributed by atoms with Crippen LogP contribution in [0, 0.1) is 11.3 Å². The molecule has 28 heavy (non-hydrogen) atoms. The number of likely N-dealkylation sites (N-methyl/N-ethyl adjacent to an activating group) is 1. The van der Waals surface area contributed by atoms with Gasteiger partial charge in [-0.25, -0.2) is 0 Å². The van der Waals surface area contributed by atoms with E-state index in [1.165, 1.54) is 13.2 Å². The number of halogens is 2. The summed E-state index contributed by atoms with van der Waals surface area (Å²) in [5, 5.41) is 11.6. The molecule has 1 atom stereocenters. The van der Waals surface area contributed by atoms with Crippen LogP contribution < -0.4 is 14.8 Å². The van der Waals surface area contributed by atoms with Gasteiger partial charge in [-0.05, 0) is 55.9 Å². The number of amides is 1. The maximum absolute atomic E-state index is 12.5. The Labute approximate surface area is 162 Å². The van der Waals surface area contributed by atoms with Gasteiger partial charge in [0.2, 0.25) is 5.91 Å². The van der Waals surface area contributed by atoms with Crippen LogP contribution in [0.4, 0.5) is 14.5 Å². The Bertz CT molecular complexity index is 851. The van der Waals surface area contributed by atoms with Crippen LogP contribution in [-0.2, 0) is 11.3 Å². The van der Waals surface area contributed by atoms with Gasteiger partial charge < -0.3 is 14.8 Å². The zero-order valence-electron chi connectivity index (χ0n) is 15.8. The van der Waals surface area contributed by atoms with Gasteiger partial charge >= 0.3 is 6.61 Å². The second kappa shape index (κ2) is 9.67. The van der Waals surface area contributed by atoms with Gasteiger partial charge in [0.1, 0.15) is 0 Å². The zero-order valence-corrected chi connectivity index (χ0v) is 15.8. The molecule has 1 N–H and O–H groups in total. The molecule has 0 saturated heterocycles. The van der Waals surface area contributed by atoms with Crippen molar-refractivity contribution < 1.29 is 23.0 Å². The SMILES string of the molecule is COc1cc(CN(C)[C@H](C)C(=O)Nc2ccc(C#N)cc2)ccc1OC(F)F. The minimum Gasteiger partial charge on any atom is -0.493 e. The van der Waals surface area contributed by atoms with E-state index in [9.17, 15) is 13.6 Å². The monoisotopic (exact) mass is 389 g/mol. The maximum atomic E-state index is 12.5. The number of ether oxygens (including phenoxy) is 2. The maximum Gasteiger partial charge on any atom is 0.387 e. The lowest BCUT2D eigenvalue weighted by Crippen LogP contribution is -2.39. The van der Waals surface area contributed by atoms with Crippen molar-refractivity contribution in [2.24, 2.45) is 0 Å². The first-order valence-corrected chi connectivity index (χ1v) is 8.47. The first kappa shape index (κ1) is 21.1. The van der Waals surface area contributed by atoms with Gasteiger partial charge in [-0.2, -0.15) is 14.0 Å². The minimum atomic E-state index is -2.94. The van der Waals surface area contributed by atoms with Gasteiger partial charge in [-0.1, -0.05) is 6.07 Å². The molecular weight excluding hydrogens is 368 g/mol. The van der Waals surface area contributed by atoms with Crippen LogP contribution in [0.2, 0.25) is 0 Å². The molecule has 2 aromatic carbocycles. The Balaban J connectivity index is 2.01. The predicted octanol–water partition coefficient (Wildman–Crippen LogP) is 3.63. The largest absolute Gasteiger partial charge is 0.493 e. The Morgan fingerprint density at radius 3 is 2.46 bits per heavy atom. The number of carbonyl (C=O) groups is 1. The van der Waals surface area contributed by atoms with Gasteiger partial charge in [-0.3, -0.25) is 9.69 Å². The lowest BCUT2D eigenvalue weighted by Gasteiger charge is -2.24. The second-order valence-electron chi connectivity index (χ2n) is 6.13. The summed E-state index contributed by atoms with van der Waals surface area (Å²) in [7, 11) is 3.15. The number of benzene rings is 2. The van der Waals surface area contributed by atoms with Crippen LogP contribution in [0.5, 0.6) is 11.5 Å². The van der Waals surface area contributed by atoms with Crippen molar-refractivity contribution in [1.29, 1.82) is 5.26 Å². The molecule has 0 aromatic heterocycles. The van der Waals surface area contributed by atoms with Crippen LogP contribution in [0.1, 0.15) is 18.1 Å². The highest BCUT2D eigenvalue weighted by Crippen LogP contribution is 2.30. The Morgan fingerprint density at radius 1 is 1.21 bits per heavy atom. The molecule has 1 amide bonds. The molecule has 0 heterocycles. The molecular formula is C20H21F2N3O3. The first-order valence-electron chi connectivity index (χ1n) is 8.47. The molecule has 8 heteroatoms. The van der Waals surface area contributed by atoms with Crippen molar-refractivity contribution in [2.75, 3.05) is 19.5 Å². The summed E-state index contributed by atoms with van der Waals surface area (Å²) in [6, 6.07) is 12.8. The number of nitriles is 1. The molecule has 0 fully saturated rings. The van der Waals surface area contributed by atoms with E-state index in [2.05, 4.69) is 10.1 Å². The Kier molecular flexibility index (Phi) is 7.29. The highest BCUT2D eigenvalue weighted by atomic mass is 19.3. The third-order valence-corrected chi connectivity index (χ3v) is 4.20. The molecule has 2 aromatic rings. The van der Waals surface area contributed by atoms with E-state index < -0.39 is 12.7 Å². The molecule has 0 aliphatic heterocycles. The fourth-order valence-corrected chi connectivity index (χ4v) is 2.50. The standard InChI is InChI=1S/C20H21F2N3O3/c1-13(19(26)24-16-7-4-14(11-23)5-8-16)25(2)12-15-6-9-17(28-20(21)22)18(10-15)27-3/h4-10,13,20H,12H2,1-3H3,(H,24,26)/t13-/m1/s1. The molecule has 2 rings (SSSR count). The summed E-state index contributed by atoms with van der Waals surface area (Å²) < 4.78 is 34.3. The van der Waals surface area contributed by atoms with Gasteiger partial charge in [-0.15, -0.1) is 0 Å². The molecule has 0 spiro atoms. The number of hydrogen-bond donors (Lipinski definition) is 1. The van der Waals surface area contributed by atoms with E-state index >= 15 is 0 Å². The summed E-state index contributed by atoms with van der Waals surface area (Å²) in [5.74, 6) is -0.0618. The quantitative estimate of drug-likeness (QED) is 0.746. The number of hydrogen-bond acceptors (Lipinski definition) is 5. The summed E-state index contributed by atoms with van der Waals surface area (Å²) in [6.07, 6.45) is 0. The van der Waals surface area contributed by atoms with Crippen molar-refractivity contribution in [1.82, 2.24) is 4.90 Å². The smallest absolute Gasteiger partial charge is 0.387 e. The highest BCUT2D eigenvalue weighted by molar-refractivity contribution is 5.94. The average molecular weight is 389 g/mol. The number of nitrogens with one attached hydrogen (secondary N) is 1. The van der Waals surface area contributed by atoms with Gasteiger partial charge in [0, 0.05) is 12.2 Å². The first-order chi connectivity index (χ1) is 13.3. The number of carbonyl (C=O) groups excluding carboxylic acids is 1. The molecule has 6 nitrogen and oxygen atoms in total. The van der Waals surface area contributed by atoms with Crippen LogP contribution in [0.15, 0.2) is 42.5 Å². The summed E-state index contributed by atoms with van der Waals surface area (Å²) in [6.45, 7) is -0.786. The lowest BCUT2D eigenvalue weighted by molar-refractivity contribution is -0.120. The van der Waals surface area contributed by atoms with E-state index in [4.69, 9.17) is 10.00 Å². The van der Waals surface area contributed by atoms with E-state index in [1.807, 2.05) is 6.07 Å². The molecule has 0 radical (unpaired) electrons. The highest BCUT2D eigenvalue weighted by Gasteiger charge is 2.19. The van der Waals surface area contributed by atoms with Gasteiger partial charge in [0.25, 0.3) is 0 Å². The fourth-order valence-electron chi connectivity index (χ4n) is 2.50. The molecule has 0 saturated carbocycles. The minimum absolute atomic E-state index is 0.0458. The zero-order chi connectivity index (χ0) is 20.7. The molecule has 0 bridgehead atoms. The van der Waals surface area contributed by atoms with Crippen molar-refractivity contribution in [2.45, 2.75) is 26.1 Å². The van der Waals surface area contributed by atoms with E-state index in [-0.39, 0.29) is 17.4 Å². The van der Waals surface area contributed by atoms with Crippen LogP contribution in [0.3, 0.4) is 0 Å². The molecule has 148 valence electrons. The third kappa shape index (κ3) is 5.66. The number of alkyl halides is 2. The second-order valence-corrected chi connectivity index (χ2v) is 6.13. The Hall–Kier alpha value is -3.18. The predicted molar refractivity (Wildman–Crippen MR) is 100 cm³/mol. The van der Waals surface area contributed by atoms with E-state index in [0.29, 0.717) is 17.8 Å². The lowest BCUT2D eigenvalue weighted by atomic mass is 10.1. The van der Waals surface area contributed by atoms with E-state index in [0.717, 1.165) is 5.56 Å². The topological polar surface area (TPSA) is 74.6 Å². The Morgan fingerprint density at radius 2 is 1.89 bits per heavy atom. The van der Waals surface area contributed by atoms with Crippen molar-refractivity contribution in [3.8, 4) is 17.6 Å². The van der Waals surface area contributed by atoms with Crippen LogP contribution in [0.25, 0.3) is 0 Å². The fraction of sp³-hybridized carbons (Fsp3) is 0.300. The summed E-state index contributed by atoms with van der Waals surface area (Å²) in [5.41, 5.74) is 1.88. The third-order valence-electron chi connectivity index (χ3n) is 4.20. The van der Waals surface area contributed by atoms with Crippen molar-refractivity contribution in [3.05, 3.63) is 53.6 Å². The van der Waals surface area contributed by atoms with Crippen molar-refractivity contribution >= 4 is 11.6 Å². The molecule has 0 aliphatic rings. The van der Waals surface area contributed by atoms with Gasteiger partial charge in [0.05, 0.1) is 24.8 Å². The van der Waals surface area contributed by atoms with Gasteiger partial charge in [0.15, 0.2) is 11.5 Å². The number of nitrogens with zero attached hydrogens (tertiary/aromatic N) is 2. The van der Waals surface area contributed by atoms with Crippen LogP contribution in [-0.4, -0.2) is 37.6 Å². The molecule has 0 unspecified atom stereocenters. The summed E-state index contributed by atoms with van der Waals surface area (Å²) in [4.78, 5) is 14.3. The average Bonchev–Trinajstić information content (AvgIpc) is 2.68. The van der Waals surface area contributed by atoms with E-state index in [1.54, 1.807) is 55.3 Å². The number of rotatable bonds is 8. The van der Waals surface area contributed by atoms with Crippen molar-refractivity contribution in [3.63, 3.8) is 0 Å². The number of methoxy groups -OCH3 is 1.